The largest absolute Gasteiger partial charge is 0.466 e. The topological polar surface area (TPSA) is 44.8 Å². The van der Waals surface area contributed by atoms with Gasteiger partial charge in [0.2, 0.25) is 0 Å². The first-order chi connectivity index (χ1) is 13.2. The average Bonchev–Trinajstić information content (AvgIpc) is 2.71. The third kappa shape index (κ3) is 7.77. The second-order valence-electron chi connectivity index (χ2n) is 6.18. The Morgan fingerprint density at radius 3 is 2.04 bits per heavy atom. The summed E-state index contributed by atoms with van der Waals surface area (Å²) in [5, 5.41) is 0. The highest BCUT2D eigenvalue weighted by Gasteiger charge is 2.22. The van der Waals surface area contributed by atoms with E-state index < -0.39 is 0 Å². The fourth-order valence-electron chi connectivity index (χ4n) is 2.71. The van der Waals surface area contributed by atoms with Crippen molar-refractivity contribution in [3.63, 3.8) is 0 Å². The molecule has 0 bridgehead atoms. The molecule has 0 unspecified atom stereocenters. The number of esters is 1. The van der Waals surface area contributed by atoms with Crippen molar-refractivity contribution in [3.8, 4) is 0 Å². The van der Waals surface area contributed by atoms with Crippen molar-refractivity contribution < 1.29 is 19.0 Å². The van der Waals surface area contributed by atoms with Crippen LogP contribution in [0.15, 0.2) is 73.3 Å². The Labute approximate surface area is 161 Å². The molecule has 0 fully saturated rings. The predicted octanol–water partition coefficient (Wildman–Crippen LogP) is 4.69. The van der Waals surface area contributed by atoms with Gasteiger partial charge < -0.3 is 14.2 Å². The van der Waals surface area contributed by atoms with Crippen LogP contribution in [0.4, 0.5) is 0 Å². The van der Waals surface area contributed by atoms with Crippen LogP contribution in [0.5, 0.6) is 0 Å². The summed E-state index contributed by atoms with van der Waals surface area (Å²) in [5.41, 5.74) is 2.15. The van der Waals surface area contributed by atoms with E-state index in [0.29, 0.717) is 26.2 Å². The van der Waals surface area contributed by atoms with Crippen molar-refractivity contribution in [1.82, 2.24) is 0 Å². The highest BCUT2D eigenvalue weighted by atomic mass is 16.5. The maximum atomic E-state index is 11.8. The molecule has 0 saturated carbocycles. The van der Waals surface area contributed by atoms with Gasteiger partial charge in [0, 0.05) is 6.42 Å². The van der Waals surface area contributed by atoms with E-state index in [2.05, 4.69) is 6.58 Å². The summed E-state index contributed by atoms with van der Waals surface area (Å²) in [6.45, 7) is 6.98. The van der Waals surface area contributed by atoms with E-state index in [1.54, 1.807) is 13.0 Å². The van der Waals surface area contributed by atoms with Crippen molar-refractivity contribution in [2.24, 2.45) is 0 Å². The summed E-state index contributed by atoms with van der Waals surface area (Å²) in [7, 11) is 0. The lowest BCUT2D eigenvalue weighted by molar-refractivity contribution is -0.144. The Kier molecular flexibility index (Phi) is 9.31. The number of hydrogen-bond donors (Lipinski definition) is 0. The minimum atomic E-state index is -0.316. The number of benzene rings is 2. The Hall–Kier alpha value is -2.43. The van der Waals surface area contributed by atoms with Gasteiger partial charge >= 0.3 is 5.97 Å². The van der Waals surface area contributed by atoms with Gasteiger partial charge in [0.1, 0.15) is 6.10 Å². The van der Waals surface area contributed by atoms with Gasteiger partial charge in [-0.3, -0.25) is 4.79 Å². The molecule has 27 heavy (non-hydrogen) atoms. The van der Waals surface area contributed by atoms with Crippen LogP contribution in [0.1, 0.15) is 30.9 Å². The average molecular weight is 368 g/mol. The molecule has 0 radical (unpaired) electrons. The van der Waals surface area contributed by atoms with E-state index in [1.165, 1.54) is 0 Å². The van der Waals surface area contributed by atoms with Gasteiger partial charge in [-0.2, -0.15) is 0 Å². The maximum absolute atomic E-state index is 11.8. The van der Waals surface area contributed by atoms with E-state index in [4.69, 9.17) is 14.2 Å². The highest BCUT2D eigenvalue weighted by molar-refractivity contribution is 5.69. The predicted molar refractivity (Wildman–Crippen MR) is 106 cm³/mol. The van der Waals surface area contributed by atoms with Crippen LogP contribution in [0.3, 0.4) is 0 Å². The smallest absolute Gasteiger partial charge is 0.305 e. The number of hydrogen-bond acceptors (Lipinski definition) is 4. The summed E-state index contributed by atoms with van der Waals surface area (Å²) < 4.78 is 17.2. The molecule has 4 nitrogen and oxygen atoms in total. The van der Waals surface area contributed by atoms with E-state index in [1.807, 2.05) is 60.7 Å². The molecule has 2 atom stereocenters. The van der Waals surface area contributed by atoms with Crippen LogP contribution >= 0.6 is 0 Å². The van der Waals surface area contributed by atoms with Crippen LogP contribution in [-0.2, 0) is 32.2 Å². The Morgan fingerprint density at radius 1 is 0.963 bits per heavy atom. The second kappa shape index (κ2) is 12.0. The fraction of sp³-hybridized carbons (Fsp3) is 0.348. The molecule has 0 amide bonds. The van der Waals surface area contributed by atoms with Crippen LogP contribution in [0.2, 0.25) is 0 Å². The summed E-state index contributed by atoms with van der Waals surface area (Å²) in [6, 6.07) is 19.9. The number of carbonyl (C=O) groups excluding carboxylic acids is 1. The lowest BCUT2D eigenvalue weighted by Gasteiger charge is -2.25. The second-order valence-corrected chi connectivity index (χ2v) is 6.18. The third-order valence-corrected chi connectivity index (χ3v) is 4.13. The van der Waals surface area contributed by atoms with Gasteiger partial charge in [-0.1, -0.05) is 66.7 Å². The van der Waals surface area contributed by atoms with Crippen molar-refractivity contribution in [1.29, 1.82) is 0 Å². The van der Waals surface area contributed by atoms with Gasteiger partial charge in [-0.05, 0) is 24.5 Å². The zero-order valence-corrected chi connectivity index (χ0v) is 15.9. The molecule has 0 saturated heterocycles. The molecule has 4 heteroatoms. The third-order valence-electron chi connectivity index (χ3n) is 4.13. The number of carbonyl (C=O) groups is 1. The van der Waals surface area contributed by atoms with E-state index >= 15 is 0 Å². The first-order valence-electron chi connectivity index (χ1n) is 9.32. The van der Waals surface area contributed by atoms with Crippen molar-refractivity contribution >= 4 is 5.97 Å². The molecular formula is C23H28O4. The SMILES string of the molecule is C=C[C@@H](OCc1ccccc1)[C@@H](CCC(=O)OCC)OCc1ccccc1. The summed E-state index contributed by atoms with van der Waals surface area (Å²) in [4.78, 5) is 11.8. The molecule has 2 aromatic rings. The normalized spacial score (nSPS) is 12.9. The lowest BCUT2D eigenvalue weighted by atomic mass is 10.1. The van der Waals surface area contributed by atoms with Crippen LogP contribution < -0.4 is 0 Å². The minimum Gasteiger partial charge on any atom is -0.466 e. The maximum Gasteiger partial charge on any atom is 0.305 e. The van der Waals surface area contributed by atoms with Crippen LogP contribution in [-0.4, -0.2) is 24.8 Å². The molecule has 0 aliphatic heterocycles. The molecule has 0 N–H and O–H groups in total. The fourth-order valence-corrected chi connectivity index (χ4v) is 2.71. The zero-order chi connectivity index (χ0) is 19.3. The molecule has 0 heterocycles. The highest BCUT2D eigenvalue weighted by Crippen LogP contribution is 2.17. The van der Waals surface area contributed by atoms with E-state index in [9.17, 15) is 4.79 Å². The van der Waals surface area contributed by atoms with E-state index in [0.717, 1.165) is 11.1 Å². The first kappa shape index (κ1) is 20.9. The van der Waals surface area contributed by atoms with Crippen molar-refractivity contribution in [2.75, 3.05) is 6.61 Å². The Balaban J connectivity index is 1.97. The van der Waals surface area contributed by atoms with Gasteiger partial charge in [-0.25, -0.2) is 0 Å². The quantitative estimate of drug-likeness (QED) is 0.403. The Bertz CT molecular complexity index is 669. The van der Waals surface area contributed by atoms with Crippen LogP contribution in [0.25, 0.3) is 0 Å². The Morgan fingerprint density at radius 2 is 1.52 bits per heavy atom. The molecule has 0 aliphatic rings. The summed E-state index contributed by atoms with van der Waals surface area (Å²) in [6.07, 6.45) is 1.94. The van der Waals surface area contributed by atoms with Crippen molar-refractivity contribution in [2.45, 2.75) is 45.2 Å². The van der Waals surface area contributed by atoms with Gasteiger partial charge in [0.15, 0.2) is 0 Å². The molecule has 2 aromatic carbocycles. The van der Waals surface area contributed by atoms with Crippen molar-refractivity contribution in [3.05, 3.63) is 84.4 Å². The molecule has 144 valence electrons. The first-order valence-corrected chi connectivity index (χ1v) is 9.32. The standard InChI is InChI=1S/C23H28O4/c1-3-21(26-17-19-11-7-5-8-12-19)22(15-16-23(24)25-4-2)27-18-20-13-9-6-10-14-20/h3,5-14,21-22H,1,4,15-18H2,2H3/t21-,22-/m1/s1. The van der Waals surface area contributed by atoms with Crippen LogP contribution in [0, 0.1) is 0 Å². The lowest BCUT2D eigenvalue weighted by Crippen LogP contribution is -2.31. The molecule has 0 aliphatic carbocycles. The molecular weight excluding hydrogens is 340 g/mol. The summed E-state index contributed by atoms with van der Waals surface area (Å²) in [5.74, 6) is -0.225. The van der Waals surface area contributed by atoms with E-state index in [-0.39, 0.29) is 24.6 Å². The monoisotopic (exact) mass is 368 g/mol. The number of rotatable bonds is 12. The van der Waals surface area contributed by atoms with Gasteiger partial charge in [0.05, 0.1) is 25.9 Å². The number of ether oxygens (including phenoxy) is 3. The molecule has 0 aromatic heterocycles. The van der Waals surface area contributed by atoms with Gasteiger partial charge in [-0.15, -0.1) is 6.58 Å². The minimum absolute atomic E-state index is 0.225. The summed E-state index contributed by atoms with van der Waals surface area (Å²) >= 11 is 0. The van der Waals surface area contributed by atoms with Gasteiger partial charge in [0.25, 0.3) is 0 Å². The zero-order valence-electron chi connectivity index (χ0n) is 15.9. The molecule has 0 spiro atoms. The molecule has 2 rings (SSSR count).